The zero-order valence-electron chi connectivity index (χ0n) is 10.2. The van der Waals surface area contributed by atoms with Crippen molar-refractivity contribution < 1.29 is 0 Å². The van der Waals surface area contributed by atoms with Gasteiger partial charge >= 0.3 is 0 Å². The minimum absolute atomic E-state index is 0.769. The molecule has 0 radical (unpaired) electrons. The molecule has 0 atom stereocenters. The molecule has 0 spiro atoms. The average molecular weight is 240 g/mol. The van der Waals surface area contributed by atoms with Crippen molar-refractivity contribution in [2.75, 3.05) is 11.1 Å². The van der Waals surface area contributed by atoms with Gasteiger partial charge in [-0.2, -0.15) is 0 Å². The van der Waals surface area contributed by atoms with Crippen molar-refractivity contribution in [1.29, 1.82) is 0 Å². The Balaban J connectivity index is 1.90. The normalized spacial score (nSPS) is 14.0. The number of anilines is 3. The predicted molar refractivity (Wildman–Crippen MR) is 72.8 cm³/mol. The van der Waals surface area contributed by atoms with E-state index < -0.39 is 0 Å². The Hall–Kier alpha value is -2.10. The van der Waals surface area contributed by atoms with Gasteiger partial charge in [-0.05, 0) is 49.9 Å². The Morgan fingerprint density at radius 1 is 1.00 bits per heavy atom. The Kier molecular flexibility index (Phi) is 2.84. The molecule has 1 aliphatic carbocycles. The SMILES string of the molecule is Nc1ccc(Nc2ncnc3c2CCCC3)cc1. The lowest BCUT2D eigenvalue weighted by Crippen LogP contribution is -2.10. The van der Waals surface area contributed by atoms with Gasteiger partial charge in [-0.3, -0.25) is 0 Å². The van der Waals surface area contributed by atoms with Crippen LogP contribution in [0.1, 0.15) is 24.1 Å². The zero-order chi connectivity index (χ0) is 12.4. The number of rotatable bonds is 2. The van der Waals surface area contributed by atoms with Crippen molar-refractivity contribution >= 4 is 17.2 Å². The molecular formula is C14H16N4. The molecule has 3 N–H and O–H groups in total. The second-order valence-corrected chi connectivity index (χ2v) is 4.60. The largest absolute Gasteiger partial charge is 0.399 e. The fourth-order valence-electron chi connectivity index (χ4n) is 2.33. The van der Waals surface area contributed by atoms with Crippen LogP contribution in [0.15, 0.2) is 30.6 Å². The highest BCUT2D eigenvalue weighted by atomic mass is 15.0. The van der Waals surface area contributed by atoms with Crippen molar-refractivity contribution in [2.24, 2.45) is 0 Å². The number of nitrogens with zero attached hydrogens (tertiary/aromatic N) is 2. The number of aryl methyl sites for hydroxylation is 1. The molecule has 0 bridgehead atoms. The molecule has 3 rings (SSSR count). The summed E-state index contributed by atoms with van der Waals surface area (Å²) in [5.74, 6) is 0.935. The lowest BCUT2D eigenvalue weighted by molar-refractivity contribution is 0.664. The number of hydrogen-bond acceptors (Lipinski definition) is 4. The van der Waals surface area contributed by atoms with Crippen LogP contribution in [-0.2, 0) is 12.8 Å². The van der Waals surface area contributed by atoms with Gasteiger partial charge in [-0.1, -0.05) is 0 Å². The molecule has 1 aliphatic rings. The molecule has 1 heterocycles. The van der Waals surface area contributed by atoms with Gasteiger partial charge in [0.1, 0.15) is 12.1 Å². The molecule has 2 aromatic rings. The lowest BCUT2D eigenvalue weighted by Gasteiger charge is -2.18. The lowest BCUT2D eigenvalue weighted by atomic mass is 9.96. The molecule has 4 nitrogen and oxygen atoms in total. The number of benzene rings is 1. The third kappa shape index (κ3) is 2.14. The number of nitrogens with one attached hydrogen (secondary N) is 1. The number of fused-ring (bicyclic) bond motifs is 1. The molecular weight excluding hydrogens is 224 g/mol. The molecule has 1 aromatic carbocycles. The van der Waals surface area contributed by atoms with E-state index in [1.54, 1.807) is 6.33 Å². The summed E-state index contributed by atoms with van der Waals surface area (Å²) in [6.45, 7) is 0. The molecule has 4 heteroatoms. The van der Waals surface area contributed by atoms with Gasteiger partial charge in [0.05, 0.1) is 0 Å². The summed E-state index contributed by atoms with van der Waals surface area (Å²) in [5, 5.41) is 3.35. The molecule has 18 heavy (non-hydrogen) atoms. The van der Waals surface area contributed by atoms with Crippen LogP contribution in [0.5, 0.6) is 0 Å². The second kappa shape index (κ2) is 4.64. The van der Waals surface area contributed by atoms with Crippen LogP contribution in [0.2, 0.25) is 0 Å². The van der Waals surface area contributed by atoms with Crippen molar-refractivity contribution in [1.82, 2.24) is 9.97 Å². The third-order valence-electron chi connectivity index (χ3n) is 3.30. The van der Waals surface area contributed by atoms with E-state index in [1.165, 1.54) is 24.1 Å². The van der Waals surface area contributed by atoms with Gasteiger partial charge in [0.15, 0.2) is 0 Å². The van der Waals surface area contributed by atoms with Crippen LogP contribution in [0.3, 0.4) is 0 Å². The van der Waals surface area contributed by atoms with Crippen molar-refractivity contribution in [2.45, 2.75) is 25.7 Å². The summed E-state index contributed by atoms with van der Waals surface area (Å²) >= 11 is 0. The zero-order valence-corrected chi connectivity index (χ0v) is 10.2. The molecule has 0 saturated carbocycles. The van der Waals surface area contributed by atoms with E-state index in [2.05, 4.69) is 15.3 Å². The highest BCUT2D eigenvalue weighted by Gasteiger charge is 2.15. The summed E-state index contributed by atoms with van der Waals surface area (Å²) in [6, 6.07) is 7.70. The molecule has 0 aliphatic heterocycles. The van der Waals surface area contributed by atoms with E-state index >= 15 is 0 Å². The van der Waals surface area contributed by atoms with E-state index in [4.69, 9.17) is 5.73 Å². The molecule has 0 fully saturated rings. The van der Waals surface area contributed by atoms with Crippen LogP contribution >= 0.6 is 0 Å². The van der Waals surface area contributed by atoms with E-state index in [-0.39, 0.29) is 0 Å². The fraction of sp³-hybridized carbons (Fsp3) is 0.286. The van der Waals surface area contributed by atoms with Crippen molar-refractivity contribution in [3.05, 3.63) is 41.9 Å². The minimum Gasteiger partial charge on any atom is -0.399 e. The van der Waals surface area contributed by atoms with E-state index in [0.717, 1.165) is 30.0 Å². The smallest absolute Gasteiger partial charge is 0.137 e. The maximum Gasteiger partial charge on any atom is 0.137 e. The Labute approximate surface area is 106 Å². The summed E-state index contributed by atoms with van der Waals surface area (Å²) in [7, 11) is 0. The van der Waals surface area contributed by atoms with E-state index in [1.807, 2.05) is 24.3 Å². The predicted octanol–water partition coefficient (Wildman–Crippen LogP) is 2.68. The van der Waals surface area contributed by atoms with Crippen LogP contribution in [-0.4, -0.2) is 9.97 Å². The summed E-state index contributed by atoms with van der Waals surface area (Å²) in [6.07, 6.45) is 6.22. The topological polar surface area (TPSA) is 63.8 Å². The summed E-state index contributed by atoms with van der Waals surface area (Å²) in [5.41, 5.74) is 9.91. The first-order valence-electron chi connectivity index (χ1n) is 6.28. The number of nitrogen functional groups attached to an aromatic ring is 1. The first-order chi connectivity index (χ1) is 8.83. The van der Waals surface area contributed by atoms with Crippen LogP contribution < -0.4 is 11.1 Å². The van der Waals surface area contributed by atoms with Crippen molar-refractivity contribution in [3.63, 3.8) is 0 Å². The van der Waals surface area contributed by atoms with E-state index in [0.29, 0.717) is 0 Å². The van der Waals surface area contributed by atoms with E-state index in [9.17, 15) is 0 Å². The minimum atomic E-state index is 0.769. The molecule has 0 saturated heterocycles. The summed E-state index contributed by atoms with van der Waals surface area (Å²) < 4.78 is 0. The number of nitrogens with two attached hydrogens (primary N) is 1. The van der Waals surface area contributed by atoms with Gasteiger partial charge in [-0.25, -0.2) is 9.97 Å². The van der Waals surface area contributed by atoms with Gasteiger partial charge < -0.3 is 11.1 Å². The highest BCUT2D eigenvalue weighted by Crippen LogP contribution is 2.26. The van der Waals surface area contributed by atoms with Gasteiger partial charge in [-0.15, -0.1) is 0 Å². The van der Waals surface area contributed by atoms with Gasteiger partial charge in [0, 0.05) is 22.6 Å². The molecule has 92 valence electrons. The quantitative estimate of drug-likeness (QED) is 0.792. The van der Waals surface area contributed by atoms with Crippen LogP contribution in [0, 0.1) is 0 Å². The first-order valence-corrected chi connectivity index (χ1v) is 6.28. The molecule has 1 aromatic heterocycles. The maximum absolute atomic E-state index is 5.68. The average Bonchev–Trinajstić information content (AvgIpc) is 2.42. The highest BCUT2D eigenvalue weighted by molar-refractivity contribution is 5.62. The van der Waals surface area contributed by atoms with Gasteiger partial charge in [0.2, 0.25) is 0 Å². The summed E-state index contributed by atoms with van der Waals surface area (Å²) in [4.78, 5) is 8.72. The molecule has 0 amide bonds. The van der Waals surface area contributed by atoms with Crippen LogP contribution in [0.25, 0.3) is 0 Å². The van der Waals surface area contributed by atoms with Crippen LogP contribution in [0.4, 0.5) is 17.2 Å². The van der Waals surface area contributed by atoms with Crippen molar-refractivity contribution in [3.8, 4) is 0 Å². The maximum atomic E-state index is 5.68. The number of aromatic nitrogens is 2. The Morgan fingerprint density at radius 3 is 2.61 bits per heavy atom. The Morgan fingerprint density at radius 2 is 1.78 bits per heavy atom. The second-order valence-electron chi connectivity index (χ2n) is 4.60. The van der Waals surface area contributed by atoms with Gasteiger partial charge in [0.25, 0.3) is 0 Å². The molecule has 0 unspecified atom stereocenters. The number of hydrogen-bond donors (Lipinski definition) is 2. The standard InChI is InChI=1S/C14H16N4/c15-10-5-7-11(8-6-10)18-14-12-3-1-2-4-13(12)16-9-17-14/h5-9H,1-4,15H2,(H,16,17,18). The monoisotopic (exact) mass is 240 g/mol. The first kappa shape index (κ1) is 11.0. The Bertz CT molecular complexity index is 548. The fourth-order valence-corrected chi connectivity index (χ4v) is 2.33. The third-order valence-corrected chi connectivity index (χ3v) is 3.30.